The summed E-state index contributed by atoms with van der Waals surface area (Å²) in [5, 5.41) is 9.94. The van der Waals surface area contributed by atoms with E-state index >= 15 is 0 Å². The van der Waals surface area contributed by atoms with Gasteiger partial charge in [-0.3, -0.25) is 9.05 Å². The highest BCUT2D eigenvalue weighted by molar-refractivity contribution is 7.47. The van der Waals surface area contributed by atoms with Crippen LogP contribution in [-0.2, 0) is 13.6 Å². The van der Waals surface area contributed by atoms with Crippen molar-refractivity contribution in [1.82, 2.24) is 19.5 Å². The molecule has 3 rings (SSSR count). The Kier molecular flexibility index (Phi) is 14.9. The van der Waals surface area contributed by atoms with Crippen molar-refractivity contribution >= 4 is 24.8 Å². The molecule has 0 bridgehead atoms. The number of rotatable bonds is 23. The lowest BCUT2D eigenvalue weighted by atomic mass is 9.70. The number of hydrogen-bond acceptors (Lipinski definition) is 8. The zero-order valence-corrected chi connectivity index (χ0v) is 25.4. The number of phosphoric ester groups is 1. The highest BCUT2D eigenvalue weighted by atomic mass is 31.2. The van der Waals surface area contributed by atoms with Crippen molar-refractivity contribution in [3.05, 3.63) is 12.7 Å². The monoisotopic (exact) mass is 581 g/mol. The lowest BCUT2D eigenvalue weighted by Crippen LogP contribution is -2.42. The summed E-state index contributed by atoms with van der Waals surface area (Å²) in [6, 6.07) is -0.0398. The van der Waals surface area contributed by atoms with Crippen LogP contribution >= 0.6 is 7.82 Å². The number of hydrogen-bond donors (Lipinski definition) is 3. The smallest absolute Gasteiger partial charge is 0.396 e. The Morgan fingerprint density at radius 2 is 1.48 bits per heavy atom. The van der Waals surface area contributed by atoms with Gasteiger partial charge >= 0.3 is 7.82 Å². The SMILES string of the molecule is CCCCCCCCCCCCCCCCCCOP(=O)(O)OC[C@H]1C[C@@H](n2cnc3c(N)ncnc32)[C@@H]1CO. The van der Waals surface area contributed by atoms with Gasteiger partial charge in [0, 0.05) is 18.6 Å². The molecule has 40 heavy (non-hydrogen) atoms. The van der Waals surface area contributed by atoms with Gasteiger partial charge in [0.15, 0.2) is 11.5 Å². The van der Waals surface area contributed by atoms with E-state index in [1.807, 2.05) is 4.57 Å². The Labute approximate surface area is 240 Å². The molecule has 1 aliphatic carbocycles. The number of nitrogen functional groups attached to an aromatic ring is 1. The van der Waals surface area contributed by atoms with Gasteiger partial charge in [0.25, 0.3) is 0 Å². The second-order valence-electron chi connectivity index (χ2n) is 11.4. The Morgan fingerprint density at radius 3 is 2.05 bits per heavy atom. The zero-order chi connectivity index (χ0) is 28.6. The standard InChI is InChI=1S/C29H52N5O5P/c1-2-3-4-5-6-7-8-9-10-11-12-13-14-15-16-17-18-38-40(36,37)39-21-24-19-26(25(24)20-35)34-23-33-27-28(30)31-22-32-29(27)34/h22-26,35H,2-21H2,1H3,(H,36,37)(H2,30,31,32)/t24-,25-,26-/m1/s1. The minimum absolute atomic E-state index is 0.0398. The first-order valence-electron chi connectivity index (χ1n) is 15.6. The quantitative estimate of drug-likeness (QED) is 0.0935. The summed E-state index contributed by atoms with van der Waals surface area (Å²) in [4.78, 5) is 22.6. The summed E-state index contributed by atoms with van der Waals surface area (Å²) in [5.41, 5.74) is 7.02. The second kappa shape index (κ2) is 18.1. The molecule has 11 heteroatoms. The summed E-state index contributed by atoms with van der Waals surface area (Å²) in [6.07, 6.45) is 24.2. The number of aliphatic hydroxyl groups excluding tert-OH is 1. The Morgan fingerprint density at radius 1 is 0.900 bits per heavy atom. The minimum atomic E-state index is -4.12. The van der Waals surface area contributed by atoms with Crippen molar-refractivity contribution in [1.29, 1.82) is 0 Å². The predicted molar refractivity (Wildman–Crippen MR) is 159 cm³/mol. The zero-order valence-electron chi connectivity index (χ0n) is 24.5. The molecule has 0 aliphatic heterocycles. The number of phosphoric acid groups is 1. The molecular formula is C29H52N5O5P. The van der Waals surface area contributed by atoms with Gasteiger partial charge in [-0.1, -0.05) is 103 Å². The molecule has 0 spiro atoms. The van der Waals surface area contributed by atoms with Gasteiger partial charge in [-0.2, -0.15) is 0 Å². The molecule has 10 nitrogen and oxygen atoms in total. The van der Waals surface area contributed by atoms with Crippen LogP contribution in [0.5, 0.6) is 0 Å². The highest BCUT2D eigenvalue weighted by Crippen LogP contribution is 2.49. The molecule has 1 saturated carbocycles. The first kappa shape index (κ1) is 32.9. The van der Waals surface area contributed by atoms with Crippen LogP contribution in [0.15, 0.2) is 12.7 Å². The van der Waals surface area contributed by atoms with E-state index in [9.17, 15) is 14.6 Å². The molecule has 0 amide bonds. The van der Waals surface area contributed by atoms with E-state index in [4.69, 9.17) is 14.8 Å². The molecule has 1 unspecified atom stereocenters. The van der Waals surface area contributed by atoms with Crippen LogP contribution in [0.2, 0.25) is 0 Å². The average molecular weight is 582 g/mol. The van der Waals surface area contributed by atoms with E-state index in [2.05, 4.69) is 21.9 Å². The Hall–Kier alpha value is -1.58. The molecule has 228 valence electrons. The summed E-state index contributed by atoms with van der Waals surface area (Å²) >= 11 is 0. The van der Waals surface area contributed by atoms with Crippen molar-refractivity contribution in [3.8, 4) is 0 Å². The van der Waals surface area contributed by atoms with Gasteiger partial charge < -0.3 is 20.3 Å². The molecule has 1 fully saturated rings. The summed E-state index contributed by atoms with van der Waals surface area (Å²) in [6.45, 7) is 2.46. The van der Waals surface area contributed by atoms with Gasteiger partial charge in [0.1, 0.15) is 11.8 Å². The maximum absolute atomic E-state index is 12.3. The van der Waals surface area contributed by atoms with Crippen LogP contribution in [0.25, 0.3) is 11.2 Å². The third-order valence-electron chi connectivity index (χ3n) is 8.30. The van der Waals surface area contributed by atoms with E-state index in [-0.39, 0.29) is 37.7 Å². The van der Waals surface area contributed by atoms with E-state index < -0.39 is 7.82 Å². The number of imidazole rings is 1. The maximum atomic E-state index is 12.3. The predicted octanol–water partition coefficient (Wildman–Crippen LogP) is 6.97. The lowest BCUT2D eigenvalue weighted by Gasteiger charge is -2.44. The minimum Gasteiger partial charge on any atom is -0.396 e. The molecular weight excluding hydrogens is 529 g/mol. The van der Waals surface area contributed by atoms with E-state index in [1.54, 1.807) is 6.33 Å². The Balaban J connectivity index is 1.17. The third-order valence-corrected chi connectivity index (χ3v) is 9.29. The maximum Gasteiger partial charge on any atom is 0.472 e. The second-order valence-corrected chi connectivity index (χ2v) is 12.8. The fraction of sp³-hybridized carbons (Fsp3) is 0.828. The Bertz CT molecular complexity index is 1020. The van der Waals surface area contributed by atoms with Crippen LogP contribution in [-0.4, -0.2) is 49.3 Å². The molecule has 1 aliphatic rings. The molecule has 2 aromatic rings. The van der Waals surface area contributed by atoms with Crippen molar-refractivity contribution in [3.63, 3.8) is 0 Å². The number of aromatic nitrogens is 4. The van der Waals surface area contributed by atoms with Crippen LogP contribution in [0.4, 0.5) is 5.82 Å². The van der Waals surface area contributed by atoms with Gasteiger partial charge in [-0.15, -0.1) is 0 Å². The van der Waals surface area contributed by atoms with Crippen molar-refractivity contribution < 1.29 is 23.6 Å². The first-order chi connectivity index (χ1) is 19.5. The largest absolute Gasteiger partial charge is 0.472 e. The number of anilines is 1. The normalized spacial score (nSPS) is 20.5. The van der Waals surface area contributed by atoms with Crippen LogP contribution in [0.1, 0.15) is 122 Å². The number of fused-ring (bicyclic) bond motifs is 1. The van der Waals surface area contributed by atoms with Crippen LogP contribution < -0.4 is 5.73 Å². The van der Waals surface area contributed by atoms with Crippen molar-refractivity contribution in [2.45, 2.75) is 122 Å². The molecule has 2 aromatic heterocycles. The summed E-state index contributed by atoms with van der Waals surface area (Å²) in [5.74, 6) is 0.103. The summed E-state index contributed by atoms with van der Waals surface area (Å²) in [7, 11) is -4.12. The molecule has 0 radical (unpaired) electrons. The third kappa shape index (κ3) is 10.7. The average Bonchev–Trinajstić information content (AvgIpc) is 3.35. The number of nitrogens with zero attached hydrogens (tertiary/aromatic N) is 4. The first-order valence-corrected chi connectivity index (χ1v) is 17.1. The van der Waals surface area contributed by atoms with Gasteiger partial charge in [-0.25, -0.2) is 19.5 Å². The molecule has 0 saturated heterocycles. The summed E-state index contributed by atoms with van der Waals surface area (Å²) < 4.78 is 24.7. The van der Waals surface area contributed by atoms with E-state index in [0.717, 1.165) is 19.3 Å². The number of aliphatic hydroxyl groups is 1. The fourth-order valence-electron chi connectivity index (χ4n) is 5.73. The molecule has 0 aromatic carbocycles. The van der Waals surface area contributed by atoms with Crippen molar-refractivity contribution in [2.24, 2.45) is 11.8 Å². The van der Waals surface area contributed by atoms with Crippen LogP contribution in [0, 0.1) is 11.8 Å². The fourth-order valence-corrected chi connectivity index (χ4v) is 6.54. The van der Waals surface area contributed by atoms with Gasteiger partial charge in [0.05, 0.1) is 19.5 Å². The lowest BCUT2D eigenvalue weighted by molar-refractivity contribution is -0.00810. The van der Waals surface area contributed by atoms with Gasteiger partial charge in [0.2, 0.25) is 0 Å². The topological polar surface area (TPSA) is 146 Å². The molecule has 2 heterocycles. The number of nitrogens with two attached hydrogens (primary N) is 1. The van der Waals surface area contributed by atoms with Crippen LogP contribution in [0.3, 0.4) is 0 Å². The number of unbranched alkanes of at least 4 members (excludes halogenated alkanes) is 15. The van der Waals surface area contributed by atoms with Gasteiger partial charge in [-0.05, 0) is 18.8 Å². The molecule has 4 N–H and O–H groups in total. The highest BCUT2D eigenvalue weighted by Gasteiger charge is 2.43. The van der Waals surface area contributed by atoms with E-state index in [0.29, 0.717) is 23.4 Å². The van der Waals surface area contributed by atoms with Crippen molar-refractivity contribution in [2.75, 3.05) is 25.6 Å². The van der Waals surface area contributed by atoms with E-state index in [1.165, 1.54) is 89.8 Å². The molecule has 4 atom stereocenters.